The van der Waals surface area contributed by atoms with Crippen molar-refractivity contribution in [2.75, 3.05) is 40.0 Å². The Kier molecular flexibility index (Phi) is 4.76. The lowest BCUT2D eigenvalue weighted by atomic mass is 10.2. The summed E-state index contributed by atoms with van der Waals surface area (Å²) in [6.45, 7) is 4.22. The second-order valence-corrected chi connectivity index (χ2v) is 4.78. The number of nitrogens with one attached hydrogen (secondary N) is 1. The predicted molar refractivity (Wildman–Crippen MR) is 63.8 cm³/mol. The van der Waals surface area contributed by atoms with Gasteiger partial charge in [-0.3, -0.25) is 9.69 Å². The van der Waals surface area contributed by atoms with Crippen molar-refractivity contribution in [1.29, 1.82) is 0 Å². The first-order chi connectivity index (χ1) is 8.29. The SMILES string of the molecule is COC(=O)C(CN1CCCOCC1)NC1CC1. The Morgan fingerprint density at radius 3 is 3.00 bits per heavy atom. The van der Waals surface area contributed by atoms with Gasteiger partial charge in [-0.1, -0.05) is 0 Å². The number of hydrogen-bond donors (Lipinski definition) is 1. The molecular weight excluding hydrogens is 220 g/mol. The van der Waals surface area contributed by atoms with E-state index in [1.165, 1.54) is 20.0 Å². The number of nitrogens with zero attached hydrogens (tertiary/aromatic N) is 1. The average Bonchev–Trinajstić information content (AvgIpc) is 3.14. The molecule has 1 aliphatic carbocycles. The molecule has 0 bridgehead atoms. The molecule has 1 saturated carbocycles. The van der Waals surface area contributed by atoms with Gasteiger partial charge in [0.25, 0.3) is 0 Å². The molecular formula is C12H22N2O3. The van der Waals surface area contributed by atoms with E-state index >= 15 is 0 Å². The van der Waals surface area contributed by atoms with Crippen molar-refractivity contribution in [2.45, 2.75) is 31.3 Å². The van der Waals surface area contributed by atoms with Crippen LogP contribution < -0.4 is 5.32 Å². The van der Waals surface area contributed by atoms with Gasteiger partial charge < -0.3 is 14.8 Å². The lowest BCUT2D eigenvalue weighted by Crippen LogP contribution is -2.48. The predicted octanol–water partition coefficient (Wildman–Crippen LogP) is 0.00230. The monoisotopic (exact) mass is 242 g/mol. The highest BCUT2D eigenvalue weighted by Crippen LogP contribution is 2.20. The van der Waals surface area contributed by atoms with Crippen molar-refractivity contribution < 1.29 is 14.3 Å². The Morgan fingerprint density at radius 1 is 1.47 bits per heavy atom. The number of hydrogen-bond acceptors (Lipinski definition) is 5. The Morgan fingerprint density at radius 2 is 2.29 bits per heavy atom. The molecule has 0 aromatic heterocycles. The van der Waals surface area contributed by atoms with Gasteiger partial charge in [0.2, 0.25) is 0 Å². The van der Waals surface area contributed by atoms with E-state index in [9.17, 15) is 4.79 Å². The summed E-state index contributed by atoms with van der Waals surface area (Å²) in [7, 11) is 1.45. The van der Waals surface area contributed by atoms with Crippen LogP contribution in [0.3, 0.4) is 0 Å². The van der Waals surface area contributed by atoms with Crippen LogP contribution in [0.25, 0.3) is 0 Å². The third kappa shape index (κ3) is 4.26. The van der Waals surface area contributed by atoms with Crippen molar-refractivity contribution in [1.82, 2.24) is 10.2 Å². The normalized spacial score (nSPS) is 24.1. The van der Waals surface area contributed by atoms with E-state index in [4.69, 9.17) is 9.47 Å². The fourth-order valence-corrected chi connectivity index (χ4v) is 2.11. The maximum atomic E-state index is 11.7. The first-order valence-electron chi connectivity index (χ1n) is 6.43. The summed E-state index contributed by atoms with van der Waals surface area (Å²) in [5.41, 5.74) is 0. The zero-order valence-electron chi connectivity index (χ0n) is 10.5. The molecule has 1 atom stereocenters. The van der Waals surface area contributed by atoms with Crippen molar-refractivity contribution >= 4 is 5.97 Å². The van der Waals surface area contributed by atoms with Gasteiger partial charge in [0, 0.05) is 32.3 Å². The molecule has 0 aromatic rings. The number of esters is 1. The smallest absolute Gasteiger partial charge is 0.324 e. The third-order valence-electron chi connectivity index (χ3n) is 3.26. The lowest BCUT2D eigenvalue weighted by Gasteiger charge is -2.25. The fraction of sp³-hybridized carbons (Fsp3) is 0.917. The molecule has 1 unspecified atom stereocenters. The molecule has 2 rings (SSSR count). The van der Waals surface area contributed by atoms with E-state index in [0.29, 0.717) is 6.04 Å². The zero-order valence-corrected chi connectivity index (χ0v) is 10.5. The molecule has 5 heteroatoms. The van der Waals surface area contributed by atoms with Crippen LogP contribution >= 0.6 is 0 Å². The summed E-state index contributed by atoms with van der Waals surface area (Å²) < 4.78 is 10.3. The van der Waals surface area contributed by atoms with Gasteiger partial charge in [-0.2, -0.15) is 0 Å². The maximum absolute atomic E-state index is 11.7. The first-order valence-corrected chi connectivity index (χ1v) is 6.43. The van der Waals surface area contributed by atoms with E-state index in [-0.39, 0.29) is 12.0 Å². The fourth-order valence-electron chi connectivity index (χ4n) is 2.11. The van der Waals surface area contributed by atoms with Gasteiger partial charge in [0.15, 0.2) is 0 Å². The van der Waals surface area contributed by atoms with Crippen LogP contribution in [0.4, 0.5) is 0 Å². The molecule has 1 aliphatic heterocycles. The van der Waals surface area contributed by atoms with Gasteiger partial charge >= 0.3 is 5.97 Å². The van der Waals surface area contributed by atoms with Crippen LogP contribution in [-0.4, -0.2) is 62.9 Å². The summed E-state index contributed by atoms with van der Waals surface area (Å²) in [6.07, 6.45) is 3.39. The maximum Gasteiger partial charge on any atom is 0.324 e. The molecule has 5 nitrogen and oxygen atoms in total. The second-order valence-electron chi connectivity index (χ2n) is 4.78. The molecule has 0 amide bonds. The van der Waals surface area contributed by atoms with Crippen LogP contribution in [0, 0.1) is 0 Å². The Balaban J connectivity index is 1.83. The summed E-state index contributed by atoms with van der Waals surface area (Å²) in [6, 6.07) is 0.327. The highest BCUT2D eigenvalue weighted by molar-refractivity contribution is 5.76. The Bertz CT molecular complexity index is 248. The standard InChI is InChI=1S/C12H22N2O3/c1-16-12(15)11(13-10-3-4-10)9-14-5-2-7-17-8-6-14/h10-11,13H,2-9H2,1H3. The summed E-state index contributed by atoms with van der Waals surface area (Å²) in [5.74, 6) is -0.151. The van der Waals surface area contributed by atoms with Crippen LogP contribution in [0.5, 0.6) is 0 Å². The molecule has 2 fully saturated rings. The van der Waals surface area contributed by atoms with Gasteiger partial charge in [-0.15, -0.1) is 0 Å². The summed E-state index contributed by atoms with van der Waals surface area (Å²) in [4.78, 5) is 14.0. The van der Waals surface area contributed by atoms with E-state index < -0.39 is 0 Å². The van der Waals surface area contributed by atoms with E-state index in [2.05, 4.69) is 10.2 Å². The van der Waals surface area contributed by atoms with Crippen LogP contribution in [0.15, 0.2) is 0 Å². The minimum Gasteiger partial charge on any atom is -0.468 e. The third-order valence-corrected chi connectivity index (χ3v) is 3.26. The minimum absolute atomic E-state index is 0.151. The van der Waals surface area contributed by atoms with Crippen LogP contribution in [0.1, 0.15) is 19.3 Å². The van der Waals surface area contributed by atoms with Crippen molar-refractivity contribution in [3.8, 4) is 0 Å². The molecule has 17 heavy (non-hydrogen) atoms. The summed E-state index contributed by atoms with van der Waals surface area (Å²) >= 11 is 0. The number of methoxy groups -OCH3 is 1. The zero-order chi connectivity index (χ0) is 12.1. The van der Waals surface area contributed by atoms with Gasteiger partial charge in [0.1, 0.15) is 6.04 Å². The average molecular weight is 242 g/mol. The van der Waals surface area contributed by atoms with E-state index in [1.807, 2.05) is 0 Å². The van der Waals surface area contributed by atoms with Crippen molar-refractivity contribution in [3.05, 3.63) is 0 Å². The number of carbonyl (C=O) groups excluding carboxylic acids is 1. The Labute approximate surface area is 102 Å². The van der Waals surface area contributed by atoms with E-state index in [0.717, 1.165) is 39.3 Å². The molecule has 0 radical (unpaired) electrons. The minimum atomic E-state index is -0.189. The van der Waals surface area contributed by atoms with Crippen LogP contribution in [0.2, 0.25) is 0 Å². The second kappa shape index (κ2) is 6.33. The van der Waals surface area contributed by atoms with Gasteiger partial charge in [-0.05, 0) is 19.3 Å². The molecule has 1 saturated heterocycles. The highest BCUT2D eigenvalue weighted by atomic mass is 16.5. The number of carbonyl (C=O) groups is 1. The van der Waals surface area contributed by atoms with Crippen molar-refractivity contribution in [3.63, 3.8) is 0 Å². The highest BCUT2D eigenvalue weighted by Gasteiger charge is 2.30. The molecule has 0 spiro atoms. The van der Waals surface area contributed by atoms with Gasteiger partial charge in [0.05, 0.1) is 13.7 Å². The topological polar surface area (TPSA) is 50.8 Å². The summed E-state index contributed by atoms with van der Waals surface area (Å²) in [5, 5.41) is 3.35. The quantitative estimate of drug-likeness (QED) is 0.688. The first kappa shape index (κ1) is 12.8. The largest absolute Gasteiger partial charge is 0.468 e. The molecule has 1 heterocycles. The molecule has 2 aliphatic rings. The molecule has 98 valence electrons. The molecule has 0 aromatic carbocycles. The number of rotatable bonds is 5. The van der Waals surface area contributed by atoms with Crippen LogP contribution in [-0.2, 0) is 14.3 Å². The number of ether oxygens (including phenoxy) is 2. The molecule has 1 N–H and O–H groups in total. The van der Waals surface area contributed by atoms with Gasteiger partial charge in [-0.25, -0.2) is 0 Å². The lowest BCUT2D eigenvalue weighted by molar-refractivity contribution is -0.143. The Hall–Kier alpha value is -0.650. The van der Waals surface area contributed by atoms with E-state index in [1.54, 1.807) is 0 Å². The van der Waals surface area contributed by atoms with Crippen molar-refractivity contribution in [2.24, 2.45) is 0 Å².